The predicted molar refractivity (Wildman–Crippen MR) is 71.5 cm³/mol. The summed E-state index contributed by atoms with van der Waals surface area (Å²) in [7, 11) is 0. The minimum atomic E-state index is -1.11. The average molecular weight is 341 g/mol. The van der Waals surface area contributed by atoms with Crippen molar-refractivity contribution in [3.05, 3.63) is 45.4 Å². The third-order valence-electron chi connectivity index (χ3n) is 3.17. The summed E-state index contributed by atoms with van der Waals surface area (Å²) in [5, 5.41) is 13.3. The highest BCUT2D eigenvalue weighted by atomic mass is 79.9. The van der Waals surface area contributed by atoms with Crippen LogP contribution in [0, 0.1) is 5.82 Å². The second kappa shape index (κ2) is 4.99. The summed E-state index contributed by atoms with van der Waals surface area (Å²) >= 11 is 3.09. The van der Waals surface area contributed by atoms with E-state index in [1.54, 1.807) is 12.1 Å². The zero-order valence-electron chi connectivity index (χ0n) is 10.3. The highest BCUT2D eigenvalue weighted by Crippen LogP contribution is 2.26. The van der Waals surface area contributed by atoms with Crippen LogP contribution in [0.5, 0.6) is 0 Å². The van der Waals surface area contributed by atoms with Gasteiger partial charge >= 0.3 is 5.97 Å². The quantitative estimate of drug-likeness (QED) is 0.912. The van der Waals surface area contributed by atoms with Crippen LogP contribution in [0.1, 0.15) is 21.7 Å². The predicted octanol–water partition coefficient (Wildman–Crippen LogP) is 2.54. The number of benzene rings is 1. The lowest BCUT2D eigenvalue weighted by Crippen LogP contribution is -2.13. The van der Waals surface area contributed by atoms with Crippen LogP contribution in [-0.2, 0) is 17.8 Å². The number of nitrogens with zero attached hydrogens (tertiary/aromatic N) is 2. The highest BCUT2D eigenvalue weighted by Gasteiger charge is 2.25. The van der Waals surface area contributed by atoms with Gasteiger partial charge in [0.1, 0.15) is 5.82 Å². The molecular weight excluding hydrogens is 331 g/mol. The average Bonchev–Trinajstić information content (AvgIpc) is 2.82. The van der Waals surface area contributed by atoms with Crippen molar-refractivity contribution in [1.82, 2.24) is 9.78 Å². The largest absolute Gasteiger partial charge is 0.476 e. The monoisotopic (exact) mass is 340 g/mol. The molecule has 0 fully saturated rings. The Morgan fingerprint density at radius 3 is 3.00 bits per heavy atom. The third kappa shape index (κ3) is 2.12. The number of carboxylic acid groups (broad SMARTS) is 1. The lowest BCUT2D eigenvalue weighted by molar-refractivity contribution is 0.0677. The molecule has 1 aromatic carbocycles. The molecule has 3 rings (SSSR count). The maximum Gasteiger partial charge on any atom is 0.356 e. The Hall–Kier alpha value is -1.73. The summed E-state index contributed by atoms with van der Waals surface area (Å²) in [5.74, 6) is -1.53. The van der Waals surface area contributed by atoms with Gasteiger partial charge in [-0.3, -0.25) is 0 Å². The fourth-order valence-electron chi connectivity index (χ4n) is 2.24. The molecule has 0 bridgehead atoms. The molecule has 0 saturated heterocycles. The van der Waals surface area contributed by atoms with Crippen LogP contribution < -0.4 is 0 Å². The lowest BCUT2D eigenvalue weighted by Gasteiger charge is -2.14. The van der Waals surface area contributed by atoms with Crippen molar-refractivity contribution in [1.29, 1.82) is 0 Å². The van der Waals surface area contributed by atoms with Gasteiger partial charge in [0.25, 0.3) is 0 Å². The van der Waals surface area contributed by atoms with Crippen molar-refractivity contribution in [3.8, 4) is 5.69 Å². The van der Waals surface area contributed by atoms with Crippen LogP contribution in [0.4, 0.5) is 4.39 Å². The first-order valence-electron chi connectivity index (χ1n) is 5.95. The number of fused-ring (bicyclic) bond motifs is 1. The van der Waals surface area contributed by atoms with E-state index >= 15 is 0 Å². The third-order valence-corrected chi connectivity index (χ3v) is 3.81. The molecule has 0 spiro atoms. The van der Waals surface area contributed by atoms with Crippen molar-refractivity contribution >= 4 is 21.9 Å². The standard InChI is InChI=1S/C13H10BrFN2O3/c14-9-2-1-7(5-10(9)15)17-11-3-4-20-6-8(11)12(16-17)13(18)19/h1-2,5H,3-4,6H2,(H,18,19). The number of hydrogen-bond donors (Lipinski definition) is 1. The summed E-state index contributed by atoms with van der Waals surface area (Å²) in [6.45, 7) is 0.715. The number of halogens is 2. The van der Waals surface area contributed by atoms with E-state index in [-0.39, 0.29) is 12.3 Å². The van der Waals surface area contributed by atoms with Gasteiger partial charge in [-0.1, -0.05) is 0 Å². The van der Waals surface area contributed by atoms with Gasteiger partial charge < -0.3 is 9.84 Å². The van der Waals surface area contributed by atoms with Crippen LogP contribution in [0.15, 0.2) is 22.7 Å². The van der Waals surface area contributed by atoms with E-state index < -0.39 is 11.8 Å². The van der Waals surface area contributed by atoms with Gasteiger partial charge in [-0.05, 0) is 28.1 Å². The van der Waals surface area contributed by atoms with Crippen LogP contribution in [0.25, 0.3) is 5.69 Å². The SMILES string of the molecule is O=C(O)c1nn(-c2ccc(Br)c(F)c2)c2c1COCC2. The summed E-state index contributed by atoms with van der Waals surface area (Å²) in [6.07, 6.45) is 0.549. The zero-order chi connectivity index (χ0) is 14.3. The Bertz CT molecular complexity index is 699. The molecule has 20 heavy (non-hydrogen) atoms. The smallest absolute Gasteiger partial charge is 0.356 e. The molecule has 1 aliphatic heterocycles. The van der Waals surface area contributed by atoms with Crippen molar-refractivity contribution in [2.75, 3.05) is 6.61 Å². The van der Waals surface area contributed by atoms with Gasteiger partial charge in [0.05, 0.1) is 29.1 Å². The molecule has 2 aromatic rings. The summed E-state index contributed by atoms with van der Waals surface area (Å²) < 4.78 is 20.7. The molecular formula is C13H10BrFN2O3. The Kier molecular flexibility index (Phi) is 3.31. The number of ether oxygens (including phenoxy) is 1. The van der Waals surface area contributed by atoms with E-state index in [0.717, 1.165) is 5.69 Å². The van der Waals surface area contributed by atoms with Crippen molar-refractivity contribution in [2.24, 2.45) is 0 Å². The molecule has 0 radical (unpaired) electrons. The first-order valence-corrected chi connectivity index (χ1v) is 6.74. The fourth-order valence-corrected chi connectivity index (χ4v) is 2.49. The Balaban J connectivity index is 2.18. The van der Waals surface area contributed by atoms with E-state index in [9.17, 15) is 14.3 Å². The van der Waals surface area contributed by atoms with Crippen LogP contribution in [0.3, 0.4) is 0 Å². The Morgan fingerprint density at radius 1 is 1.50 bits per heavy atom. The van der Waals surface area contributed by atoms with Gasteiger partial charge in [0.15, 0.2) is 5.69 Å². The molecule has 0 atom stereocenters. The topological polar surface area (TPSA) is 64.3 Å². The summed E-state index contributed by atoms with van der Waals surface area (Å²) in [5.41, 5.74) is 1.78. The van der Waals surface area contributed by atoms with E-state index in [2.05, 4.69) is 21.0 Å². The molecule has 104 valence electrons. The van der Waals surface area contributed by atoms with Crippen LogP contribution in [0.2, 0.25) is 0 Å². The number of aromatic nitrogens is 2. The Morgan fingerprint density at radius 2 is 2.30 bits per heavy atom. The number of hydrogen-bond acceptors (Lipinski definition) is 3. The molecule has 1 aromatic heterocycles. The molecule has 1 N–H and O–H groups in total. The lowest BCUT2D eigenvalue weighted by atomic mass is 10.1. The molecule has 7 heteroatoms. The van der Waals surface area contributed by atoms with Gasteiger partial charge in [-0.2, -0.15) is 5.10 Å². The minimum absolute atomic E-state index is 0.0389. The first-order chi connectivity index (χ1) is 9.58. The van der Waals surface area contributed by atoms with E-state index in [0.29, 0.717) is 28.8 Å². The fraction of sp³-hybridized carbons (Fsp3) is 0.231. The normalized spacial score (nSPS) is 14.1. The van der Waals surface area contributed by atoms with Gasteiger partial charge in [-0.25, -0.2) is 13.9 Å². The van der Waals surface area contributed by atoms with Crippen LogP contribution >= 0.6 is 15.9 Å². The highest BCUT2D eigenvalue weighted by molar-refractivity contribution is 9.10. The van der Waals surface area contributed by atoms with Crippen molar-refractivity contribution < 1.29 is 19.0 Å². The molecule has 0 amide bonds. The molecule has 0 saturated carbocycles. The number of rotatable bonds is 2. The number of carbonyl (C=O) groups is 1. The van der Waals surface area contributed by atoms with Gasteiger partial charge in [0, 0.05) is 18.1 Å². The van der Waals surface area contributed by atoms with E-state index in [1.165, 1.54) is 10.7 Å². The number of aromatic carboxylic acids is 1. The van der Waals surface area contributed by atoms with Crippen molar-refractivity contribution in [2.45, 2.75) is 13.0 Å². The molecule has 5 nitrogen and oxygen atoms in total. The van der Waals surface area contributed by atoms with Gasteiger partial charge in [0.2, 0.25) is 0 Å². The first kappa shape index (κ1) is 13.3. The summed E-state index contributed by atoms with van der Waals surface area (Å²) in [4.78, 5) is 11.2. The van der Waals surface area contributed by atoms with E-state index in [1.807, 2.05) is 0 Å². The summed E-state index contributed by atoms with van der Waals surface area (Å²) in [6, 6.07) is 4.57. The van der Waals surface area contributed by atoms with Gasteiger partial charge in [-0.15, -0.1) is 0 Å². The van der Waals surface area contributed by atoms with E-state index in [4.69, 9.17) is 4.74 Å². The number of carboxylic acids is 1. The molecule has 0 unspecified atom stereocenters. The minimum Gasteiger partial charge on any atom is -0.476 e. The van der Waals surface area contributed by atoms with Crippen LogP contribution in [-0.4, -0.2) is 27.5 Å². The maximum absolute atomic E-state index is 13.6. The molecule has 2 heterocycles. The maximum atomic E-state index is 13.6. The zero-order valence-corrected chi connectivity index (χ0v) is 11.9. The molecule has 0 aliphatic carbocycles. The van der Waals surface area contributed by atoms with Crippen molar-refractivity contribution in [3.63, 3.8) is 0 Å². The molecule has 1 aliphatic rings. The second-order valence-electron chi connectivity index (χ2n) is 4.39. The Labute approximate surface area is 122 Å². The second-order valence-corrected chi connectivity index (χ2v) is 5.25.